The molecule has 24 heavy (non-hydrogen) atoms. The minimum absolute atomic E-state index is 0.0987. The number of aliphatic hydroxyl groups excluding tert-OH is 1. The third kappa shape index (κ3) is 1.74. The molecule has 2 N–H and O–H groups in total. The van der Waals surface area contributed by atoms with Crippen molar-refractivity contribution in [1.82, 2.24) is 0 Å². The Morgan fingerprint density at radius 3 is 2.75 bits per heavy atom. The number of aromatic hydroxyl groups is 1. The van der Waals surface area contributed by atoms with Gasteiger partial charge in [-0.1, -0.05) is 13.0 Å². The fourth-order valence-electron chi connectivity index (χ4n) is 6.48. The van der Waals surface area contributed by atoms with Crippen LogP contribution in [0.2, 0.25) is 0 Å². The normalized spacial score (nSPS) is 42.6. The van der Waals surface area contributed by atoms with Crippen molar-refractivity contribution in [1.29, 1.82) is 0 Å². The monoisotopic (exact) mass is 330 g/mol. The third-order valence-corrected chi connectivity index (χ3v) is 7.53. The topological polar surface area (TPSA) is 58.9 Å². The van der Waals surface area contributed by atoms with Crippen LogP contribution >= 0.6 is 0 Å². The van der Waals surface area contributed by atoms with Crippen molar-refractivity contribution < 1.29 is 19.7 Å². The van der Waals surface area contributed by atoms with E-state index in [0.29, 0.717) is 36.7 Å². The van der Waals surface area contributed by atoms with Crippen molar-refractivity contribution in [3.8, 4) is 5.75 Å². The first-order valence-electron chi connectivity index (χ1n) is 9.33. The molecule has 1 heterocycles. The smallest absolute Gasteiger partial charge is 0.200 e. The Labute approximate surface area is 142 Å². The highest BCUT2D eigenvalue weighted by Crippen LogP contribution is 2.66. The van der Waals surface area contributed by atoms with Crippen molar-refractivity contribution in [2.45, 2.75) is 56.8 Å². The van der Waals surface area contributed by atoms with Crippen LogP contribution in [0.1, 0.15) is 49.7 Å². The number of aliphatic hydroxyl groups is 1. The highest BCUT2D eigenvalue weighted by atomic mass is 16.7. The van der Waals surface area contributed by atoms with Gasteiger partial charge in [0.2, 0.25) is 0 Å². The second kappa shape index (κ2) is 4.96. The molecule has 1 aromatic rings. The lowest BCUT2D eigenvalue weighted by Gasteiger charge is -2.52. The van der Waals surface area contributed by atoms with Crippen molar-refractivity contribution in [3.05, 3.63) is 29.3 Å². The maximum absolute atomic E-state index is 10.8. The van der Waals surface area contributed by atoms with E-state index in [0.717, 1.165) is 32.1 Å². The molecule has 3 fully saturated rings. The molecule has 0 radical (unpaired) electrons. The highest BCUT2D eigenvalue weighted by molar-refractivity contribution is 5.40. The Kier molecular flexibility index (Phi) is 3.14. The molecule has 0 bridgehead atoms. The van der Waals surface area contributed by atoms with E-state index in [1.807, 2.05) is 12.1 Å². The van der Waals surface area contributed by atoms with Gasteiger partial charge in [0.25, 0.3) is 0 Å². The summed E-state index contributed by atoms with van der Waals surface area (Å²) in [5, 5.41) is 20.6. The predicted molar refractivity (Wildman–Crippen MR) is 88.7 cm³/mol. The van der Waals surface area contributed by atoms with Crippen molar-refractivity contribution >= 4 is 0 Å². The molecule has 1 aromatic carbocycles. The molecular weight excluding hydrogens is 304 g/mol. The number of phenolic OH excluding ortho intramolecular Hbond substituents is 1. The van der Waals surface area contributed by atoms with Gasteiger partial charge >= 0.3 is 0 Å². The number of benzene rings is 1. The van der Waals surface area contributed by atoms with Crippen LogP contribution in [0.5, 0.6) is 5.75 Å². The van der Waals surface area contributed by atoms with Gasteiger partial charge in [0.1, 0.15) is 11.9 Å². The van der Waals surface area contributed by atoms with Gasteiger partial charge in [0.15, 0.2) is 5.79 Å². The molecular formula is C20H26O4. The van der Waals surface area contributed by atoms with Crippen LogP contribution in [-0.2, 0) is 15.9 Å². The number of aryl methyl sites for hydroxylation is 1. The Hall–Kier alpha value is -1.10. The summed E-state index contributed by atoms with van der Waals surface area (Å²) in [5.74, 6) is 1.14. The Morgan fingerprint density at radius 1 is 1.17 bits per heavy atom. The SMILES string of the molecule is CC12CCC3c4ccc(O)cc4CCC3C1CC(O)C21OCCO1. The van der Waals surface area contributed by atoms with Gasteiger partial charge in [-0.05, 0) is 73.1 Å². The van der Waals surface area contributed by atoms with Gasteiger partial charge in [-0.2, -0.15) is 0 Å². The Bertz CT molecular complexity index is 666. The van der Waals surface area contributed by atoms with Crippen LogP contribution < -0.4 is 0 Å². The van der Waals surface area contributed by atoms with Gasteiger partial charge in [-0.3, -0.25) is 0 Å². The zero-order valence-corrected chi connectivity index (χ0v) is 14.2. The van der Waals surface area contributed by atoms with E-state index < -0.39 is 11.9 Å². The van der Waals surface area contributed by atoms with E-state index in [1.165, 1.54) is 11.1 Å². The summed E-state index contributed by atoms with van der Waals surface area (Å²) in [6, 6.07) is 5.88. The predicted octanol–water partition coefficient (Wildman–Crippen LogP) is 2.96. The molecule has 0 amide bonds. The molecule has 3 aliphatic carbocycles. The lowest BCUT2D eigenvalue weighted by molar-refractivity contribution is -0.270. The van der Waals surface area contributed by atoms with Crippen LogP contribution in [0.25, 0.3) is 0 Å². The first-order valence-corrected chi connectivity index (χ1v) is 9.33. The van der Waals surface area contributed by atoms with Crippen molar-refractivity contribution in [3.63, 3.8) is 0 Å². The van der Waals surface area contributed by atoms with E-state index in [4.69, 9.17) is 9.47 Å². The van der Waals surface area contributed by atoms with Crippen molar-refractivity contribution in [2.75, 3.05) is 13.2 Å². The third-order valence-electron chi connectivity index (χ3n) is 7.53. The maximum atomic E-state index is 10.8. The standard InChI is InChI=1S/C20H26O4/c1-19-7-6-15-14-5-3-13(21)10-12(14)2-4-16(15)17(19)11-18(22)20(19)23-8-9-24-20/h3,5,10,15-18,21-22H,2,4,6-9,11H2,1H3. The summed E-state index contributed by atoms with van der Waals surface area (Å²) < 4.78 is 12.1. The average molecular weight is 330 g/mol. The minimum atomic E-state index is -0.780. The summed E-state index contributed by atoms with van der Waals surface area (Å²) in [6.07, 6.45) is 4.54. The molecule has 5 unspecified atom stereocenters. The summed E-state index contributed by atoms with van der Waals surface area (Å²) in [4.78, 5) is 0. The first-order chi connectivity index (χ1) is 11.6. The molecule has 0 aromatic heterocycles. The van der Waals surface area contributed by atoms with Gasteiger partial charge in [-0.25, -0.2) is 0 Å². The molecule has 4 nitrogen and oxygen atoms in total. The lowest BCUT2D eigenvalue weighted by Crippen LogP contribution is -2.54. The minimum Gasteiger partial charge on any atom is -0.508 e. The average Bonchev–Trinajstić information content (AvgIpc) is 3.15. The van der Waals surface area contributed by atoms with Gasteiger partial charge < -0.3 is 19.7 Å². The van der Waals surface area contributed by atoms with Crippen molar-refractivity contribution in [2.24, 2.45) is 17.3 Å². The van der Waals surface area contributed by atoms with Crippen LogP contribution in [0.4, 0.5) is 0 Å². The number of ether oxygens (including phenoxy) is 2. The zero-order chi connectivity index (χ0) is 16.5. The van der Waals surface area contributed by atoms with E-state index in [9.17, 15) is 10.2 Å². The summed E-state index contributed by atoms with van der Waals surface area (Å²) in [5.41, 5.74) is 2.62. The van der Waals surface area contributed by atoms with Crippen LogP contribution in [-0.4, -0.2) is 35.3 Å². The molecule has 1 aliphatic heterocycles. The Morgan fingerprint density at radius 2 is 1.96 bits per heavy atom. The fourth-order valence-corrected chi connectivity index (χ4v) is 6.48. The molecule has 5 atom stereocenters. The Balaban J connectivity index is 1.53. The van der Waals surface area contributed by atoms with E-state index in [2.05, 4.69) is 13.0 Å². The molecule has 1 spiro atoms. The molecule has 1 saturated heterocycles. The number of hydrogen-bond acceptors (Lipinski definition) is 4. The van der Waals surface area contributed by atoms with Gasteiger partial charge in [-0.15, -0.1) is 0 Å². The van der Waals surface area contributed by atoms with E-state index >= 15 is 0 Å². The summed E-state index contributed by atoms with van der Waals surface area (Å²) in [7, 11) is 0. The molecule has 2 saturated carbocycles. The van der Waals surface area contributed by atoms with E-state index in [-0.39, 0.29) is 5.41 Å². The molecule has 130 valence electrons. The second-order valence-electron chi connectivity index (χ2n) is 8.37. The molecule has 4 aliphatic rings. The second-order valence-corrected chi connectivity index (χ2v) is 8.37. The zero-order valence-electron chi connectivity index (χ0n) is 14.2. The summed E-state index contributed by atoms with van der Waals surface area (Å²) in [6.45, 7) is 3.47. The summed E-state index contributed by atoms with van der Waals surface area (Å²) >= 11 is 0. The van der Waals surface area contributed by atoms with Gasteiger partial charge in [0, 0.05) is 5.41 Å². The molecule has 5 rings (SSSR count). The lowest BCUT2D eigenvalue weighted by atomic mass is 9.55. The van der Waals surface area contributed by atoms with Crippen LogP contribution in [0.3, 0.4) is 0 Å². The van der Waals surface area contributed by atoms with Crippen LogP contribution in [0, 0.1) is 17.3 Å². The quantitative estimate of drug-likeness (QED) is 0.768. The molecule has 4 heteroatoms. The first kappa shape index (κ1) is 15.2. The number of hydrogen-bond donors (Lipinski definition) is 2. The fraction of sp³-hybridized carbons (Fsp3) is 0.700. The maximum Gasteiger partial charge on any atom is 0.200 e. The van der Waals surface area contributed by atoms with Crippen LogP contribution in [0.15, 0.2) is 18.2 Å². The van der Waals surface area contributed by atoms with Gasteiger partial charge in [0.05, 0.1) is 13.2 Å². The number of fused-ring (bicyclic) bond motifs is 6. The van der Waals surface area contributed by atoms with E-state index in [1.54, 1.807) is 0 Å². The highest BCUT2D eigenvalue weighted by Gasteiger charge is 2.69. The largest absolute Gasteiger partial charge is 0.508 e. The number of phenols is 1. The number of rotatable bonds is 0.